The maximum atomic E-state index is 4.63. The third kappa shape index (κ3) is 1.37. The van der Waals surface area contributed by atoms with Gasteiger partial charge in [-0.2, -0.15) is 0 Å². The highest BCUT2D eigenvalue weighted by molar-refractivity contribution is 6.00. The molecule has 2 heteroatoms. The van der Waals surface area contributed by atoms with E-state index in [0.29, 0.717) is 0 Å². The molecule has 0 saturated heterocycles. The van der Waals surface area contributed by atoms with Crippen LogP contribution in [-0.2, 0) is 0 Å². The zero-order valence-corrected chi connectivity index (χ0v) is 8.88. The summed E-state index contributed by atoms with van der Waals surface area (Å²) in [6.07, 6.45) is 2.06. The van der Waals surface area contributed by atoms with E-state index in [1.807, 2.05) is 0 Å². The number of anilines is 1. The Bertz CT molecular complexity index is 469. The van der Waals surface area contributed by atoms with Gasteiger partial charge in [-0.3, -0.25) is 4.99 Å². The molecule has 2 aliphatic rings. The number of fused-ring (bicyclic) bond motifs is 2. The lowest BCUT2D eigenvalue weighted by atomic mass is 9.99. The number of hydrogen-bond donors (Lipinski definition) is 1. The highest BCUT2D eigenvalue weighted by Gasteiger charge is 2.20. The fraction of sp³-hybridized carbons (Fsp3) is 0.308. The van der Waals surface area contributed by atoms with E-state index in [1.165, 1.54) is 28.2 Å². The van der Waals surface area contributed by atoms with Gasteiger partial charge in [0.25, 0.3) is 0 Å². The van der Waals surface area contributed by atoms with Crippen LogP contribution in [0.15, 0.2) is 35.0 Å². The highest BCUT2D eigenvalue weighted by atomic mass is 14.9. The van der Waals surface area contributed by atoms with Crippen LogP contribution in [0.3, 0.4) is 0 Å². The van der Waals surface area contributed by atoms with Crippen molar-refractivity contribution >= 4 is 17.0 Å². The fourth-order valence-corrected chi connectivity index (χ4v) is 2.37. The molecule has 0 radical (unpaired) electrons. The van der Waals surface area contributed by atoms with Gasteiger partial charge in [0.05, 0.1) is 0 Å². The highest BCUT2D eigenvalue weighted by Crippen LogP contribution is 2.36. The molecule has 0 aliphatic carbocycles. The van der Waals surface area contributed by atoms with Crippen molar-refractivity contribution < 1.29 is 0 Å². The van der Waals surface area contributed by atoms with Crippen LogP contribution in [0.25, 0.3) is 5.57 Å². The molecule has 2 heterocycles. The average molecular weight is 198 g/mol. The average Bonchev–Trinajstić information content (AvgIpc) is 2.52. The SMILES string of the molecule is CC1=NC2=C(C1)c1ccccc1NCC2. The molecular formula is C13H14N2. The lowest BCUT2D eigenvalue weighted by Crippen LogP contribution is -2.01. The lowest BCUT2D eigenvalue weighted by molar-refractivity contribution is 0.998. The standard InChI is InChI=1S/C13H14N2/c1-9-8-11-10-4-2-3-5-12(10)14-7-6-13(11)15-9/h2-5,14H,6-8H2,1H3. The molecule has 15 heavy (non-hydrogen) atoms. The summed E-state index contributed by atoms with van der Waals surface area (Å²) in [6.45, 7) is 3.11. The predicted octanol–water partition coefficient (Wildman–Crippen LogP) is 3.08. The summed E-state index contributed by atoms with van der Waals surface area (Å²) in [7, 11) is 0. The molecule has 3 rings (SSSR count). The Kier molecular flexibility index (Phi) is 1.88. The summed E-state index contributed by atoms with van der Waals surface area (Å²) in [4.78, 5) is 4.63. The Hall–Kier alpha value is -1.57. The fourth-order valence-electron chi connectivity index (χ4n) is 2.37. The number of aliphatic imine (C=N–C) groups is 1. The van der Waals surface area contributed by atoms with Crippen molar-refractivity contribution in [1.82, 2.24) is 0 Å². The quantitative estimate of drug-likeness (QED) is 0.680. The van der Waals surface area contributed by atoms with E-state index in [9.17, 15) is 0 Å². The molecular weight excluding hydrogens is 184 g/mol. The van der Waals surface area contributed by atoms with E-state index in [0.717, 1.165) is 19.4 Å². The minimum Gasteiger partial charge on any atom is -0.384 e. The molecule has 0 unspecified atom stereocenters. The topological polar surface area (TPSA) is 24.4 Å². The van der Waals surface area contributed by atoms with Crippen LogP contribution >= 0.6 is 0 Å². The van der Waals surface area contributed by atoms with Crippen molar-refractivity contribution in [1.29, 1.82) is 0 Å². The lowest BCUT2D eigenvalue weighted by Gasteiger charge is -2.08. The first-order valence-corrected chi connectivity index (χ1v) is 5.44. The Labute approximate surface area is 89.7 Å². The van der Waals surface area contributed by atoms with Crippen LogP contribution in [0.1, 0.15) is 25.3 Å². The molecule has 0 saturated carbocycles. The second-order valence-corrected chi connectivity index (χ2v) is 4.17. The first-order chi connectivity index (χ1) is 7.34. The molecule has 0 amide bonds. The number of nitrogens with zero attached hydrogens (tertiary/aromatic N) is 1. The number of rotatable bonds is 0. The van der Waals surface area contributed by atoms with Gasteiger partial charge in [0, 0.05) is 42.0 Å². The van der Waals surface area contributed by atoms with Crippen molar-refractivity contribution in [3.8, 4) is 0 Å². The number of allylic oxidation sites excluding steroid dienone is 1. The predicted molar refractivity (Wildman–Crippen MR) is 64.2 cm³/mol. The van der Waals surface area contributed by atoms with Crippen LogP contribution < -0.4 is 5.32 Å². The largest absolute Gasteiger partial charge is 0.384 e. The molecule has 2 aliphatic heterocycles. The summed E-state index contributed by atoms with van der Waals surface area (Å²) in [5, 5.41) is 3.46. The summed E-state index contributed by atoms with van der Waals surface area (Å²) >= 11 is 0. The van der Waals surface area contributed by atoms with E-state index in [1.54, 1.807) is 0 Å². The molecule has 76 valence electrons. The first-order valence-electron chi connectivity index (χ1n) is 5.44. The van der Waals surface area contributed by atoms with Gasteiger partial charge in [-0.1, -0.05) is 18.2 Å². The van der Waals surface area contributed by atoms with Gasteiger partial charge in [0.15, 0.2) is 0 Å². The van der Waals surface area contributed by atoms with Crippen LogP contribution in [-0.4, -0.2) is 12.3 Å². The smallest absolute Gasteiger partial charge is 0.0463 e. The van der Waals surface area contributed by atoms with Crippen LogP contribution in [0.4, 0.5) is 5.69 Å². The summed E-state index contributed by atoms with van der Waals surface area (Å²) in [6, 6.07) is 8.53. The maximum absolute atomic E-state index is 4.63. The zero-order valence-electron chi connectivity index (χ0n) is 8.88. The number of nitrogens with one attached hydrogen (secondary N) is 1. The maximum Gasteiger partial charge on any atom is 0.0463 e. The second kappa shape index (κ2) is 3.23. The van der Waals surface area contributed by atoms with Crippen LogP contribution in [0.2, 0.25) is 0 Å². The van der Waals surface area contributed by atoms with Gasteiger partial charge in [-0.05, 0) is 18.6 Å². The van der Waals surface area contributed by atoms with E-state index in [-0.39, 0.29) is 0 Å². The van der Waals surface area contributed by atoms with Crippen molar-refractivity contribution in [2.24, 2.45) is 4.99 Å². The summed E-state index contributed by atoms with van der Waals surface area (Å²) in [5.74, 6) is 0. The number of hydrogen-bond acceptors (Lipinski definition) is 2. The Morgan fingerprint density at radius 3 is 3.07 bits per heavy atom. The van der Waals surface area contributed by atoms with Crippen LogP contribution in [0, 0.1) is 0 Å². The molecule has 0 aromatic heterocycles. The molecule has 1 aromatic rings. The van der Waals surface area contributed by atoms with E-state index < -0.39 is 0 Å². The molecule has 0 spiro atoms. The molecule has 0 bridgehead atoms. The second-order valence-electron chi connectivity index (χ2n) is 4.17. The Morgan fingerprint density at radius 1 is 1.27 bits per heavy atom. The third-order valence-electron chi connectivity index (χ3n) is 3.04. The van der Waals surface area contributed by atoms with Gasteiger partial charge >= 0.3 is 0 Å². The van der Waals surface area contributed by atoms with Gasteiger partial charge in [-0.15, -0.1) is 0 Å². The van der Waals surface area contributed by atoms with Gasteiger partial charge in [-0.25, -0.2) is 0 Å². The van der Waals surface area contributed by atoms with Crippen molar-refractivity contribution in [2.75, 3.05) is 11.9 Å². The van der Waals surface area contributed by atoms with Crippen molar-refractivity contribution in [3.63, 3.8) is 0 Å². The van der Waals surface area contributed by atoms with E-state index >= 15 is 0 Å². The number of para-hydroxylation sites is 1. The third-order valence-corrected chi connectivity index (χ3v) is 3.04. The normalized spacial score (nSPS) is 18.9. The Morgan fingerprint density at radius 2 is 2.13 bits per heavy atom. The molecule has 0 fully saturated rings. The van der Waals surface area contributed by atoms with Crippen molar-refractivity contribution in [2.45, 2.75) is 19.8 Å². The number of benzene rings is 1. The first kappa shape index (κ1) is 8.72. The zero-order chi connectivity index (χ0) is 10.3. The summed E-state index contributed by atoms with van der Waals surface area (Å²) in [5.41, 5.74) is 6.55. The van der Waals surface area contributed by atoms with Gasteiger partial charge < -0.3 is 5.32 Å². The minimum absolute atomic E-state index is 0.993. The summed E-state index contributed by atoms with van der Waals surface area (Å²) < 4.78 is 0. The molecule has 1 N–H and O–H groups in total. The van der Waals surface area contributed by atoms with Gasteiger partial charge in [0.2, 0.25) is 0 Å². The molecule has 1 aromatic carbocycles. The van der Waals surface area contributed by atoms with Crippen LogP contribution in [0.5, 0.6) is 0 Å². The van der Waals surface area contributed by atoms with E-state index in [2.05, 4.69) is 41.5 Å². The Balaban J connectivity index is 2.14. The van der Waals surface area contributed by atoms with Crippen molar-refractivity contribution in [3.05, 3.63) is 35.5 Å². The minimum atomic E-state index is 0.993. The van der Waals surface area contributed by atoms with Gasteiger partial charge in [0.1, 0.15) is 0 Å². The molecule has 2 nitrogen and oxygen atoms in total. The monoisotopic (exact) mass is 198 g/mol. The van der Waals surface area contributed by atoms with E-state index in [4.69, 9.17) is 0 Å². The molecule has 0 atom stereocenters.